The SMILES string of the molecule is CCCCCc1ccc(NC(=O)OC(C)(C)C)cc1. The number of amides is 1. The number of benzene rings is 1. The molecule has 0 aromatic heterocycles. The van der Waals surface area contributed by atoms with E-state index in [0.29, 0.717) is 0 Å². The number of unbranched alkanes of at least 4 members (excludes halogenated alkanes) is 2. The molecule has 1 amide bonds. The van der Waals surface area contributed by atoms with Crippen LogP contribution < -0.4 is 5.32 Å². The van der Waals surface area contributed by atoms with Crippen LogP contribution >= 0.6 is 0 Å². The van der Waals surface area contributed by atoms with Crippen LogP contribution in [-0.2, 0) is 11.2 Å². The maximum absolute atomic E-state index is 11.6. The van der Waals surface area contributed by atoms with Crippen molar-refractivity contribution in [2.45, 2.75) is 59.0 Å². The summed E-state index contributed by atoms with van der Waals surface area (Å²) in [6.45, 7) is 7.75. The molecule has 3 nitrogen and oxygen atoms in total. The van der Waals surface area contributed by atoms with E-state index in [1.54, 1.807) is 0 Å². The van der Waals surface area contributed by atoms with E-state index in [9.17, 15) is 4.79 Å². The van der Waals surface area contributed by atoms with E-state index in [-0.39, 0.29) is 0 Å². The Labute approximate surface area is 116 Å². The number of nitrogens with one attached hydrogen (secondary N) is 1. The molecule has 0 aliphatic rings. The van der Waals surface area contributed by atoms with Crippen molar-refractivity contribution in [3.63, 3.8) is 0 Å². The summed E-state index contributed by atoms with van der Waals surface area (Å²) in [7, 11) is 0. The van der Waals surface area contributed by atoms with Crippen LogP contribution in [0.5, 0.6) is 0 Å². The third kappa shape index (κ3) is 6.85. The van der Waals surface area contributed by atoms with Crippen LogP contribution in [0, 0.1) is 0 Å². The number of carbonyl (C=O) groups excluding carboxylic acids is 1. The van der Waals surface area contributed by atoms with Gasteiger partial charge in [0.2, 0.25) is 0 Å². The van der Waals surface area contributed by atoms with Crippen molar-refractivity contribution in [2.75, 3.05) is 5.32 Å². The number of aryl methyl sites for hydroxylation is 1. The molecule has 0 aliphatic carbocycles. The Morgan fingerprint density at radius 2 is 1.79 bits per heavy atom. The van der Waals surface area contributed by atoms with E-state index in [2.05, 4.69) is 24.4 Å². The normalized spacial score (nSPS) is 11.2. The first-order valence-corrected chi connectivity index (χ1v) is 6.99. The molecule has 106 valence electrons. The molecular weight excluding hydrogens is 238 g/mol. The molecule has 0 saturated carbocycles. The van der Waals surface area contributed by atoms with Crippen molar-refractivity contribution >= 4 is 11.8 Å². The molecule has 1 rings (SSSR count). The number of carbonyl (C=O) groups is 1. The first-order chi connectivity index (χ1) is 8.90. The number of hydrogen-bond acceptors (Lipinski definition) is 2. The molecule has 0 spiro atoms. The molecule has 0 fully saturated rings. The van der Waals surface area contributed by atoms with Gasteiger partial charge in [-0.2, -0.15) is 0 Å². The van der Waals surface area contributed by atoms with Crippen LogP contribution in [0.4, 0.5) is 10.5 Å². The minimum absolute atomic E-state index is 0.411. The van der Waals surface area contributed by atoms with Gasteiger partial charge in [0, 0.05) is 5.69 Å². The average Bonchev–Trinajstić information content (AvgIpc) is 2.29. The lowest BCUT2D eigenvalue weighted by Gasteiger charge is -2.19. The third-order valence-corrected chi connectivity index (χ3v) is 2.67. The predicted octanol–water partition coefficient (Wildman–Crippen LogP) is 4.77. The van der Waals surface area contributed by atoms with Crippen LogP contribution in [-0.4, -0.2) is 11.7 Å². The average molecular weight is 263 g/mol. The van der Waals surface area contributed by atoms with Crippen molar-refractivity contribution in [3.05, 3.63) is 29.8 Å². The van der Waals surface area contributed by atoms with Crippen molar-refractivity contribution in [1.82, 2.24) is 0 Å². The number of ether oxygens (including phenoxy) is 1. The zero-order chi connectivity index (χ0) is 14.3. The lowest BCUT2D eigenvalue weighted by molar-refractivity contribution is 0.0636. The van der Waals surface area contributed by atoms with Gasteiger partial charge < -0.3 is 4.74 Å². The van der Waals surface area contributed by atoms with Crippen LogP contribution in [0.15, 0.2) is 24.3 Å². The summed E-state index contributed by atoms with van der Waals surface area (Å²) >= 11 is 0. The second-order valence-electron chi connectivity index (χ2n) is 5.78. The van der Waals surface area contributed by atoms with Gasteiger partial charge in [-0.05, 0) is 51.3 Å². The minimum atomic E-state index is -0.468. The molecule has 1 aromatic rings. The van der Waals surface area contributed by atoms with Crippen LogP contribution in [0.2, 0.25) is 0 Å². The topological polar surface area (TPSA) is 38.3 Å². The van der Waals surface area contributed by atoms with Gasteiger partial charge in [-0.3, -0.25) is 5.32 Å². The van der Waals surface area contributed by atoms with Crippen molar-refractivity contribution < 1.29 is 9.53 Å². The smallest absolute Gasteiger partial charge is 0.412 e. The molecule has 1 N–H and O–H groups in total. The lowest BCUT2D eigenvalue weighted by Crippen LogP contribution is -2.27. The predicted molar refractivity (Wildman–Crippen MR) is 79.5 cm³/mol. The molecule has 1 aromatic carbocycles. The molecule has 19 heavy (non-hydrogen) atoms. The van der Waals surface area contributed by atoms with Crippen molar-refractivity contribution in [2.24, 2.45) is 0 Å². The van der Waals surface area contributed by atoms with Crippen molar-refractivity contribution in [1.29, 1.82) is 0 Å². The summed E-state index contributed by atoms with van der Waals surface area (Å²) in [6, 6.07) is 7.96. The summed E-state index contributed by atoms with van der Waals surface area (Å²) in [5, 5.41) is 2.73. The third-order valence-electron chi connectivity index (χ3n) is 2.67. The van der Waals surface area contributed by atoms with E-state index in [4.69, 9.17) is 4.74 Å². The second-order valence-corrected chi connectivity index (χ2v) is 5.78. The molecule has 0 bridgehead atoms. The second kappa shape index (κ2) is 7.17. The van der Waals surface area contributed by atoms with E-state index in [1.807, 2.05) is 32.9 Å². The van der Waals surface area contributed by atoms with E-state index >= 15 is 0 Å². The zero-order valence-corrected chi connectivity index (χ0v) is 12.5. The molecule has 0 aliphatic heterocycles. The fourth-order valence-electron chi connectivity index (χ4n) is 1.76. The first-order valence-electron chi connectivity index (χ1n) is 6.99. The summed E-state index contributed by atoms with van der Waals surface area (Å²) < 4.78 is 5.20. The van der Waals surface area contributed by atoms with E-state index in [1.165, 1.54) is 24.8 Å². The molecule has 0 saturated heterocycles. The van der Waals surface area contributed by atoms with Crippen molar-refractivity contribution in [3.8, 4) is 0 Å². The lowest BCUT2D eigenvalue weighted by atomic mass is 10.1. The highest BCUT2D eigenvalue weighted by Gasteiger charge is 2.15. The Hall–Kier alpha value is -1.51. The van der Waals surface area contributed by atoms with Gasteiger partial charge in [-0.25, -0.2) is 4.79 Å². The van der Waals surface area contributed by atoms with Gasteiger partial charge in [0.25, 0.3) is 0 Å². The van der Waals surface area contributed by atoms with Gasteiger partial charge in [0.05, 0.1) is 0 Å². The molecule has 0 atom stereocenters. The Morgan fingerprint density at radius 1 is 1.16 bits per heavy atom. The summed E-state index contributed by atoms with van der Waals surface area (Å²) in [5.74, 6) is 0. The Morgan fingerprint density at radius 3 is 2.32 bits per heavy atom. The van der Waals surface area contributed by atoms with E-state index in [0.717, 1.165) is 12.1 Å². The summed E-state index contributed by atoms with van der Waals surface area (Å²) in [4.78, 5) is 11.6. The van der Waals surface area contributed by atoms with Gasteiger partial charge in [-0.15, -0.1) is 0 Å². The first kappa shape index (κ1) is 15.5. The summed E-state index contributed by atoms with van der Waals surface area (Å²) in [5.41, 5.74) is 1.61. The van der Waals surface area contributed by atoms with Gasteiger partial charge in [-0.1, -0.05) is 31.9 Å². The minimum Gasteiger partial charge on any atom is -0.444 e. The molecular formula is C16H25NO2. The number of hydrogen-bond donors (Lipinski definition) is 1. The van der Waals surface area contributed by atoms with Gasteiger partial charge >= 0.3 is 6.09 Å². The van der Waals surface area contributed by atoms with Crippen LogP contribution in [0.1, 0.15) is 52.5 Å². The van der Waals surface area contributed by atoms with Crippen LogP contribution in [0.3, 0.4) is 0 Å². The quantitative estimate of drug-likeness (QED) is 0.777. The van der Waals surface area contributed by atoms with Gasteiger partial charge in [0.1, 0.15) is 5.60 Å². The maximum Gasteiger partial charge on any atom is 0.412 e. The van der Waals surface area contributed by atoms with Gasteiger partial charge in [0.15, 0.2) is 0 Å². The standard InChI is InChI=1S/C16H25NO2/c1-5-6-7-8-13-9-11-14(12-10-13)17-15(18)19-16(2,3)4/h9-12H,5-8H2,1-4H3,(H,17,18). The molecule has 0 unspecified atom stereocenters. The molecule has 0 radical (unpaired) electrons. The fourth-order valence-corrected chi connectivity index (χ4v) is 1.76. The highest BCUT2D eigenvalue weighted by atomic mass is 16.6. The van der Waals surface area contributed by atoms with Crippen LogP contribution in [0.25, 0.3) is 0 Å². The molecule has 0 heterocycles. The highest BCUT2D eigenvalue weighted by Crippen LogP contribution is 2.14. The number of anilines is 1. The Kier molecular flexibility index (Phi) is 5.87. The largest absolute Gasteiger partial charge is 0.444 e. The fraction of sp³-hybridized carbons (Fsp3) is 0.562. The maximum atomic E-state index is 11.6. The number of rotatable bonds is 5. The van der Waals surface area contributed by atoms with E-state index < -0.39 is 11.7 Å². The monoisotopic (exact) mass is 263 g/mol. The zero-order valence-electron chi connectivity index (χ0n) is 12.5. The molecule has 3 heteroatoms. The summed E-state index contributed by atoms with van der Waals surface area (Å²) in [6.07, 6.45) is 4.40. The Balaban J connectivity index is 2.45. The Bertz CT molecular complexity index is 390. The highest BCUT2D eigenvalue weighted by molar-refractivity contribution is 5.84.